The molecule has 0 amide bonds. The van der Waals surface area contributed by atoms with Crippen LogP contribution in [0.15, 0.2) is 18.5 Å². The van der Waals surface area contributed by atoms with Crippen molar-refractivity contribution in [2.45, 2.75) is 36.1 Å². The number of carboxylic acids is 1. The van der Waals surface area contributed by atoms with Gasteiger partial charge in [-0.2, -0.15) is 0 Å². The third-order valence-corrected chi connectivity index (χ3v) is 7.40. The molecular weight excluding hydrogens is 422 g/mol. The Morgan fingerprint density at radius 1 is 1.47 bits per heavy atom. The predicted octanol–water partition coefficient (Wildman–Crippen LogP) is 2.95. The van der Waals surface area contributed by atoms with E-state index in [1.165, 1.54) is 17.4 Å². The van der Waals surface area contributed by atoms with Crippen molar-refractivity contribution in [2.75, 3.05) is 0 Å². The molecule has 19 heavy (non-hydrogen) atoms. The Morgan fingerprint density at radius 2 is 2.11 bits per heavy atom. The first-order valence-electron chi connectivity index (χ1n) is 5.45. The van der Waals surface area contributed by atoms with Crippen LogP contribution in [0.5, 0.6) is 0 Å². The summed E-state index contributed by atoms with van der Waals surface area (Å²) in [5, 5.41) is 8.89. The topological polar surface area (TPSA) is 83.5 Å². The lowest BCUT2D eigenvalue weighted by molar-refractivity contribution is -0.139. The van der Waals surface area contributed by atoms with Gasteiger partial charge in [0.2, 0.25) is 10.0 Å². The van der Waals surface area contributed by atoms with Gasteiger partial charge in [0.05, 0.1) is 14.0 Å². The van der Waals surface area contributed by atoms with Crippen molar-refractivity contribution in [1.82, 2.24) is 4.72 Å². The molecule has 0 radical (unpaired) electrons. The summed E-state index contributed by atoms with van der Waals surface area (Å²) >= 11 is 7.69. The maximum absolute atomic E-state index is 12.3. The van der Waals surface area contributed by atoms with Crippen molar-refractivity contribution in [3.63, 3.8) is 0 Å². The summed E-state index contributed by atoms with van der Waals surface area (Å²) in [6, 6.07) is 1.50. The monoisotopic (exact) mass is 431 g/mol. The van der Waals surface area contributed by atoms with Gasteiger partial charge in [0.1, 0.15) is 4.90 Å². The zero-order valence-electron chi connectivity index (χ0n) is 9.65. The molecule has 0 saturated heterocycles. The lowest BCUT2D eigenvalue weighted by Crippen LogP contribution is -2.54. The van der Waals surface area contributed by atoms with Crippen LogP contribution < -0.4 is 4.72 Å². The summed E-state index contributed by atoms with van der Waals surface area (Å²) < 4.78 is 28.4. The molecule has 0 spiro atoms. The maximum Gasteiger partial charge on any atom is 0.305 e. The van der Waals surface area contributed by atoms with E-state index in [2.05, 4.69) is 36.6 Å². The average Bonchev–Trinajstić information content (AvgIpc) is 2.54. The van der Waals surface area contributed by atoms with Crippen molar-refractivity contribution >= 4 is 59.2 Å². The fourth-order valence-electron chi connectivity index (χ4n) is 2.06. The third kappa shape index (κ3) is 3.38. The van der Waals surface area contributed by atoms with E-state index >= 15 is 0 Å². The molecular formula is C10H11Br2NO4S2. The van der Waals surface area contributed by atoms with Crippen LogP contribution in [0.25, 0.3) is 0 Å². The molecule has 1 aliphatic carbocycles. The molecule has 1 saturated carbocycles. The Labute approximate surface area is 131 Å². The smallest absolute Gasteiger partial charge is 0.305 e. The quantitative estimate of drug-likeness (QED) is 0.749. The summed E-state index contributed by atoms with van der Waals surface area (Å²) in [5.74, 6) is -0.993. The van der Waals surface area contributed by atoms with Crippen LogP contribution in [-0.4, -0.2) is 25.0 Å². The first kappa shape index (κ1) is 15.4. The van der Waals surface area contributed by atoms with Gasteiger partial charge in [-0.15, -0.1) is 11.3 Å². The molecule has 0 aliphatic heterocycles. The minimum Gasteiger partial charge on any atom is -0.481 e. The number of carboxylic acid groups (broad SMARTS) is 1. The van der Waals surface area contributed by atoms with Gasteiger partial charge in [0.25, 0.3) is 0 Å². The number of aliphatic carboxylic acids is 1. The molecule has 0 unspecified atom stereocenters. The second kappa shape index (κ2) is 5.44. The third-order valence-electron chi connectivity index (χ3n) is 3.07. The number of thiophene rings is 1. The Balaban J connectivity index is 2.26. The molecule has 2 N–H and O–H groups in total. The fraction of sp³-hybridized carbons (Fsp3) is 0.500. The number of nitrogens with one attached hydrogen (secondary N) is 1. The second-order valence-electron chi connectivity index (χ2n) is 4.50. The molecule has 1 fully saturated rings. The van der Waals surface area contributed by atoms with Gasteiger partial charge in [-0.3, -0.25) is 4.79 Å². The second-order valence-corrected chi connectivity index (χ2v) is 9.90. The van der Waals surface area contributed by atoms with Crippen molar-refractivity contribution in [2.24, 2.45) is 0 Å². The van der Waals surface area contributed by atoms with Crippen LogP contribution >= 0.6 is 43.2 Å². The maximum atomic E-state index is 12.3. The zero-order chi connectivity index (χ0) is 14.3. The molecule has 2 rings (SSSR count). The van der Waals surface area contributed by atoms with Crippen molar-refractivity contribution < 1.29 is 18.3 Å². The molecule has 0 bridgehead atoms. The van der Waals surface area contributed by atoms with E-state index in [0.717, 1.165) is 6.42 Å². The molecule has 9 heteroatoms. The van der Waals surface area contributed by atoms with Crippen LogP contribution in [0.3, 0.4) is 0 Å². The Morgan fingerprint density at radius 3 is 2.47 bits per heavy atom. The normalized spacial score (nSPS) is 18.0. The van der Waals surface area contributed by atoms with Gasteiger partial charge in [0.15, 0.2) is 0 Å². The highest BCUT2D eigenvalue weighted by molar-refractivity contribution is 9.12. The van der Waals surface area contributed by atoms with E-state index in [9.17, 15) is 13.2 Å². The Bertz CT molecular complexity index is 607. The Kier molecular flexibility index (Phi) is 4.41. The van der Waals surface area contributed by atoms with Gasteiger partial charge in [-0.05, 0) is 57.2 Å². The van der Waals surface area contributed by atoms with Crippen LogP contribution in [0, 0.1) is 0 Å². The molecule has 0 atom stereocenters. The lowest BCUT2D eigenvalue weighted by atomic mass is 9.75. The van der Waals surface area contributed by atoms with Crippen molar-refractivity contribution in [1.29, 1.82) is 0 Å². The molecule has 106 valence electrons. The standard InChI is InChI=1S/C10H11Br2NO4S2/c11-7-4-6(9(12)18-7)19(16,17)13-10(2-1-3-10)5-8(14)15/h4,13H,1-3,5H2,(H,14,15). The van der Waals surface area contributed by atoms with E-state index in [0.29, 0.717) is 20.4 Å². The number of rotatable bonds is 5. The molecule has 1 aromatic rings. The van der Waals surface area contributed by atoms with E-state index < -0.39 is 21.5 Å². The van der Waals surface area contributed by atoms with Gasteiger partial charge in [-0.1, -0.05) is 0 Å². The largest absolute Gasteiger partial charge is 0.481 e. The predicted molar refractivity (Wildman–Crippen MR) is 78.9 cm³/mol. The first-order chi connectivity index (χ1) is 8.74. The minimum absolute atomic E-state index is 0.140. The van der Waals surface area contributed by atoms with Crippen LogP contribution in [0.4, 0.5) is 0 Å². The van der Waals surface area contributed by atoms with Crippen LogP contribution in [-0.2, 0) is 14.8 Å². The molecule has 1 aromatic heterocycles. The zero-order valence-corrected chi connectivity index (χ0v) is 14.5. The highest BCUT2D eigenvalue weighted by atomic mass is 79.9. The number of hydrogen-bond donors (Lipinski definition) is 2. The van der Waals surface area contributed by atoms with Crippen molar-refractivity contribution in [3.05, 3.63) is 13.6 Å². The van der Waals surface area contributed by atoms with Crippen LogP contribution in [0.1, 0.15) is 25.7 Å². The number of halogens is 2. The van der Waals surface area contributed by atoms with E-state index in [1.807, 2.05) is 0 Å². The van der Waals surface area contributed by atoms with Crippen molar-refractivity contribution in [3.8, 4) is 0 Å². The number of hydrogen-bond acceptors (Lipinski definition) is 4. The fourth-order valence-corrected chi connectivity index (χ4v) is 7.33. The number of carbonyl (C=O) groups is 1. The Hall–Kier alpha value is 0.0400. The molecule has 5 nitrogen and oxygen atoms in total. The first-order valence-corrected chi connectivity index (χ1v) is 9.33. The number of sulfonamides is 1. The molecule has 1 aliphatic rings. The van der Waals surface area contributed by atoms with Crippen LogP contribution in [0.2, 0.25) is 0 Å². The highest BCUT2D eigenvalue weighted by Gasteiger charge is 2.43. The average molecular weight is 433 g/mol. The molecule has 1 heterocycles. The summed E-state index contributed by atoms with van der Waals surface area (Å²) in [4.78, 5) is 11.0. The summed E-state index contributed by atoms with van der Waals surface area (Å²) in [7, 11) is -3.71. The minimum atomic E-state index is -3.71. The summed E-state index contributed by atoms with van der Waals surface area (Å²) in [5.41, 5.74) is -0.835. The summed E-state index contributed by atoms with van der Waals surface area (Å²) in [6.07, 6.45) is 1.77. The van der Waals surface area contributed by atoms with E-state index in [4.69, 9.17) is 5.11 Å². The molecule has 0 aromatic carbocycles. The van der Waals surface area contributed by atoms with Gasteiger partial charge < -0.3 is 5.11 Å². The van der Waals surface area contributed by atoms with Gasteiger partial charge >= 0.3 is 5.97 Å². The summed E-state index contributed by atoms with van der Waals surface area (Å²) in [6.45, 7) is 0. The lowest BCUT2D eigenvalue weighted by Gasteiger charge is -2.40. The SMILES string of the molecule is O=C(O)CC1(NS(=O)(=O)c2cc(Br)sc2Br)CCC1. The van der Waals surface area contributed by atoms with Gasteiger partial charge in [-0.25, -0.2) is 13.1 Å². The van der Waals surface area contributed by atoms with E-state index in [1.54, 1.807) is 0 Å². The van der Waals surface area contributed by atoms with E-state index in [-0.39, 0.29) is 11.3 Å². The highest BCUT2D eigenvalue weighted by Crippen LogP contribution is 2.39. The van der Waals surface area contributed by atoms with Gasteiger partial charge in [0, 0.05) is 5.54 Å².